The summed E-state index contributed by atoms with van der Waals surface area (Å²) >= 11 is 9.97. The molecule has 4 aromatic heterocycles. The average Bonchev–Trinajstić information content (AvgIpc) is 3.39. The van der Waals surface area contributed by atoms with E-state index in [4.69, 9.17) is 17.0 Å². The first-order chi connectivity index (χ1) is 36.0. The third kappa shape index (κ3) is 16.3. The molecular formula is C47H52N12O14S2. The Balaban J connectivity index is 1.33. The van der Waals surface area contributed by atoms with E-state index in [-0.39, 0.29) is 115 Å². The Morgan fingerprint density at radius 1 is 0.573 bits per heavy atom. The number of thiocarbonyl (C=S) groups is 2. The molecule has 28 heteroatoms. The van der Waals surface area contributed by atoms with Crippen molar-refractivity contribution in [1.29, 1.82) is 0 Å². The smallest absolute Gasteiger partial charge is 0.283 e. The van der Waals surface area contributed by atoms with Crippen LogP contribution in [0.1, 0.15) is 67.6 Å². The number of hydrogen-bond donors (Lipinski definition) is 9. The summed E-state index contributed by atoms with van der Waals surface area (Å²) < 4.78 is 6.26. The van der Waals surface area contributed by atoms with E-state index in [0.717, 1.165) is 35.2 Å². The van der Waals surface area contributed by atoms with Crippen LogP contribution in [-0.4, -0.2) is 154 Å². The number of anilines is 1. The van der Waals surface area contributed by atoms with E-state index >= 15 is 0 Å². The summed E-state index contributed by atoms with van der Waals surface area (Å²) in [6, 6.07) is 19.3. The Morgan fingerprint density at radius 2 is 1.03 bits per heavy atom. The minimum atomic E-state index is -1.42. The molecule has 26 nitrogen and oxygen atoms in total. The van der Waals surface area contributed by atoms with Crippen molar-refractivity contribution < 1.29 is 49.5 Å². The number of carbonyl (C=O) groups excluding carboxylic acids is 5. The zero-order valence-corrected chi connectivity index (χ0v) is 41.5. The standard InChI is InChI=1S/C47H52N12O14S2/c60-38-13-1-8-34(56(38)69)43(65)48-21-6-26-54(45(67)36-10-3-15-40(62)58(36)71)25-5-12-33(42(64)50-23-28-73-29-24-51-47(75)53-32-19-17-31(18-20-32)52-30-74)55(46(68)37-11-4-16-41(63)59(37)72)27-7-22-49-44(66)35-9-2-14-39(61)57(35)70/h1-4,8-11,13-20,33,69-72H,5-7,12,21-29H2,(H,48,65)(H,49,66)(H,50,64)(H2,51,53,75). The monoisotopic (exact) mass is 1070 g/mol. The van der Waals surface area contributed by atoms with Gasteiger partial charge in [-0.25, -0.2) is 0 Å². The molecular weight excluding hydrogens is 1020 g/mol. The van der Waals surface area contributed by atoms with E-state index < -0.39 is 69.2 Å². The molecule has 0 fully saturated rings. The van der Waals surface area contributed by atoms with Gasteiger partial charge in [0.2, 0.25) is 5.91 Å². The number of rotatable bonds is 26. The van der Waals surface area contributed by atoms with Gasteiger partial charge in [-0.15, -0.1) is 18.9 Å². The lowest BCUT2D eigenvalue weighted by Crippen LogP contribution is -2.52. The van der Waals surface area contributed by atoms with Gasteiger partial charge in [0.25, 0.3) is 45.9 Å². The first kappa shape index (κ1) is 56.9. The Bertz CT molecular complexity index is 3150. The molecule has 1 aromatic carbocycles. The van der Waals surface area contributed by atoms with Gasteiger partial charge in [0.05, 0.1) is 24.1 Å². The summed E-state index contributed by atoms with van der Waals surface area (Å²) in [6.07, 6.45) is -0.296. The molecule has 0 aliphatic heterocycles. The van der Waals surface area contributed by atoms with E-state index in [1.165, 1.54) is 47.4 Å². The van der Waals surface area contributed by atoms with Crippen LogP contribution in [0.15, 0.2) is 121 Å². The Morgan fingerprint density at radius 3 is 1.55 bits per heavy atom. The second kappa shape index (κ2) is 28.3. The highest BCUT2D eigenvalue weighted by Crippen LogP contribution is 2.17. The highest BCUT2D eigenvalue weighted by molar-refractivity contribution is 7.80. The normalized spacial score (nSPS) is 11.0. The third-order valence-electron chi connectivity index (χ3n) is 10.9. The van der Waals surface area contributed by atoms with Crippen molar-refractivity contribution in [3.63, 3.8) is 0 Å². The summed E-state index contributed by atoms with van der Waals surface area (Å²) in [6.45, 7) is -0.613. The number of aliphatic imine (C=N–C) groups is 1. The van der Waals surface area contributed by atoms with Crippen molar-refractivity contribution in [1.82, 2.24) is 50.0 Å². The van der Waals surface area contributed by atoms with Gasteiger partial charge in [-0.2, -0.15) is 4.99 Å². The van der Waals surface area contributed by atoms with Crippen LogP contribution in [0.2, 0.25) is 0 Å². The zero-order valence-electron chi connectivity index (χ0n) is 39.8. The fourth-order valence-corrected chi connectivity index (χ4v) is 7.50. The zero-order chi connectivity index (χ0) is 54.4. The largest absolute Gasteiger partial charge is 0.425 e. The highest BCUT2D eigenvalue weighted by Gasteiger charge is 2.32. The van der Waals surface area contributed by atoms with E-state index in [0.29, 0.717) is 16.5 Å². The van der Waals surface area contributed by atoms with Gasteiger partial charge >= 0.3 is 0 Å². The maximum Gasteiger partial charge on any atom is 0.283 e. The topological polar surface area (TPSA) is 342 Å². The van der Waals surface area contributed by atoms with E-state index in [1.807, 2.05) is 0 Å². The molecule has 9 N–H and O–H groups in total. The van der Waals surface area contributed by atoms with Crippen molar-refractivity contribution >= 4 is 75.6 Å². The fraction of sp³-hybridized carbons (Fsp3) is 0.298. The van der Waals surface area contributed by atoms with Crippen molar-refractivity contribution in [2.24, 2.45) is 4.99 Å². The van der Waals surface area contributed by atoms with Gasteiger partial charge in [0.1, 0.15) is 28.8 Å². The van der Waals surface area contributed by atoms with Gasteiger partial charge in [-0.05, 0) is 98.6 Å². The molecule has 75 heavy (non-hydrogen) atoms. The maximum absolute atomic E-state index is 14.4. The van der Waals surface area contributed by atoms with Crippen molar-refractivity contribution in [2.75, 3.05) is 64.3 Å². The first-order valence-corrected chi connectivity index (χ1v) is 23.7. The number of aromatic nitrogens is 4. The molecule has 0 saturated carbocycles. The molecule has 0 spiro atoms. The van der Waals surface area contributed by atoms with Crippen LogP contribution < -0.4 is 48.8 Å². The molecule has 5 amide bonds. The molecule has 0 radical (unpaired) electrons. The van der Waals surface area contributed by atoms with Crippen LogP contribution in [-0.2, 0) is 9.53 Å². The molecule has 1 unspecified atom stereocenters. The number of isothiocyanates is 1. The van der Waals surface area contributed by atoms with Crippen molar-refractivity contribution in [3.05, 3.63) is 161 Å². The number of hydrogen-bond acceptors (Lipinski definition) is 17. The Kier molecular flexibility index (Phi) is 21.5. The van der Waals surface area contributed by atoms with Crippen LogP contribution in [0.5, 0.6) is 0 Å². The summed E-state index contributed by atoms with van der Waals surface area (Å²) in [5, 5.41) is 57.7. The Hall–Kier alpha value is -8.98. The number of benzene rings is 1. The number of ether oxygens (including phenoxy) is 1. The van der Waals surface area contributed by atoms with Crippen molar-refractivity contribution in [3.8, 4) is 0 Å². The molecule has 0 bridgehead atoms. The van der Waals surface area contributed by atoms with Crippen molar-refractivity contribution in [2.45, 2.75) is 31.7 Å². The molecule has 396 valence electrons. The molecule has 0 aliphatic carbocycles. The van der Waals surface area contributed by atoms with Gasteiger partial charge in [0.15, 0.2) is 5.11 Å². The average molecular weight is 1070 g/mol. The molecule has 0 aliphatic rings. The molecule has 1 atom stereocenters. The first-order valence-electron chi connectivity index (χ1n) is 22.9. The number of pyridine rings is 4. The van der Waals surface area contributed by atoms with Gasteiger partial charge in [-0.3, -0.25) is 43.2 Å². The van der Waals surface area contributed by atoms with Gasteiger partial charge in [-0.1, -0.05) is 24.3 Å². The molecule has 0 saturated heterocycles. The quantitative estimate of drug-likeness (QED) is 0.0158. The number of carbonyl (C=O) groups is 5. The molecule has 4 heterocycles. The predicted octanol–water partition coefficient (Wildman–Crippen LogP) is 0.510. The number of amides is 5. The summed E-state index contributed by atoms with van der Waals surface area (Å²) in [7, 11) is 0. The minimum Gasteiger partial charge on any atom is -0.425 e. The number of nitrogens with one attached hydrogen (secondary N) is 5. The lowest BCUT2D eigenvalue weighted by atomic mass is 10.1. The predicted molar refractivity (Wildman–Crippen MR) is 275 cm³/mol. The summed E-state index contributed by atoms with van der Waals surface area (Å²) in [4.78, 5) is 123. The lowest BCUT2D eigenvalue weighted by Gasteiger charge is -2.32. The fourth-order valence-electron chi connectivity index (χ4n) is 7.17. The van der Waals surface area contributed by atoms with Crippen LogP contribution in [0.4, 0.5) is 11.4 Å². The van der Waals surface area contributed by atoms with Gasteiger partial charge < -0.3 is 61.9 Å². The second-order valence-corrected chi connectivity index (χ2v) is 16.5. The second-order valence-electron chi connectivity index (χ2n) is 15.9. The SMILES string of the molecule is O=C(NCCCN(CCCC(C(=O)NCCOCCNC(=S)Nc1ccc(N=C=S)cc1)N(CCCNC(=O)c1cccc(=O)n1O)C(=O)c1cccc(=O)n1O)C(=O)c1cccc(=O)n1O)c1cccc(=O)n1O. The van der Waals surface area contributed by atoms with E-state index in [9.17, 15) is 64.0 Å². The van der Waals surface area contributed by atoms with Crippen LogP contribution in [0.25, 0.3) is 0 Å². The lowest BCUT2D eigenvalue weighted by molar-refractivity contribution is -0.126. The highest BCUT2D eigenvalue weighted by atomic mass is 32.1. The molecule has 5 rings (SSSR count). The van der Waals surface area contributed by atoms with Crippen LogP contribution in [0, 0.1) is 0 Å². The summed E-state index contributed by atoms with van der Waals surface area (Å²) in [5.74, 6) is -4.24. The van der Waals surface area contributed by atoms with E-state index in [1.54, 1.807) is 24.3 Å². The van der Waals surface area contributed by atoms with Crippen LogP contribution >= 0.6 is 24.4 Å². The summed E-state index contributed by atoms with van der Waals surface area (Å²) in [5.41, 5.74) is -4.00. The Labute approximate surface area is 435 Å². The molecule has 5 aromatic rings. The van der Waals surface area contributed by atoms with E-state index in [2.05, 4.69) is 49.0 Å². The number of nitrogens with zero attached hydrogens (tertiary/aromatic N) is 7. The van der Waals surface area contributed by atoms with Gasteiger partial charge in [0, 0.05) is 75.8 Å². The minimum absolute atomic E-state index is 0.0220. The van der Waals surface area contributed by atoms with Crippen LogP contribution in [0.3, 0.4) is 0 Å². The third-order valence-corrected chi connectivity index (χ3v) is 11.2. The maximum atomic E-state index is 14.4.